The van der Waals surface area contributed by atoms with Crippen LogP contribution in [0.15, 0.2) is 22.7 Å². The van der Waals surface area contributed by atoms with Crippen LogP contribution < -0.4 is 10.5 Å². The highest BCUT2D eigenvalue weighted by molar-refractivity contribution is 9.10. The Bertz CT molecular complexity index is 489. The third-order valence-corrected chi connectivity index (χ3v) is 3.92. The zero-order valence-corrected chi connectivity index (χ0v) is 14.9. The molecule has 0 aliphatic rings. The van der Waals surface area contributed by atoms with Crippen LogP contribution in [0, 0.1) is 12.3 Å². The van der Waals surface area contributed by atoms with Crippen molar-refractivity contribution in [3.63, 3.8) is 0 Å². The Morgan fingerprint density at radius 1 is 1.43 bits per heavy atom. The zero-order chi connectivity index (χ0) is 16.0. The van der Waals surface area contributed by atoms with E-state index in [2.05, 4.69) is 29.8 Å². The van der Waals surface area contributed by atoms with Gasteiger partial charge in [0.1, 0.15) is 5.75 Å². The summed E-state index contributed by atoms with van der Waals surface area (Å²) in [6.45, 7) is 7.70. The molecule has 0 saturated carbocycles. The number of ether oxygens (including phenoxy) is 1. The minimum atomic E-state index is -0.0642. The molecule has 1 aromatic carbocycles. The minimum Gasteiger partial charge on any atom is -0.492 e. The molecule has 1 aromatic rings. The maximum absolute atomic E-state index is 12.1. The molecule has 2 N–H and O–H groups in total. The van der Waals surface area contributed by atoms with Gasteiger partial charge in [0.25, 0.3) is 0 Å². The quantitative estimate of drug-likeness (QED) is 0.816. The summed E-state index contributed by atoms with van der Waals surface area (Å²) in [4.78, 5) is 13.8. The first-order chi connectivity index (χ1) is 9.75. The molecule has 1 rings (SSSR count). The van der Waals surface area contributed by atoms with Crippen LogP contribution in [0.4, 0.5) is 0 Å². The molecule has 0 heterocycles. The maximum Gasteiger partial charge on any atom is 0.225 e. The van der Waals surface area contributed by atoms with Crippen molar-refractivity contribution in [1.82, 2.24) is 4.90 Å². The van der Waals surface area contributed by atoms with Gasteiger partial charge >= 0.3 is 0 Å². The molecule has 0 spiro atoms. The molecule has 0 radical (unpaired) electrons. The summed E-state index contributed by atoms with van der Waals surface area (Å²) in [7, 11) is 1.81. The Morgan fingerprint density at radius 3 is 2.67 bits per heavy atom. The van der Waals surface area contributed by atoms with Crippen molar-refractivity contribution in [3.05, 3.63) is 28.2 Å². The van der Waals surface area contributed by atoms with Crippen molar-refractivity contribution >= 4 is 21.8 Å². The fraction of sp³-hybridized carbons (Fsp3) is 0.562. The van der Waals surface area contributed by atoms with E-state index in [1.54, 1.807) is 4.90 Å². The monoisotopic (exact) mass is 356 g/mol. The predicted octanol–water partition coefficient (Wildman–Crippen LogP) is 2.97. The van der Waals surface area contributed by atoms with Crippen LogP contribution in [0.2, 0.25) is 0 Å². The van der Waals surface area contributed by atoms with Crippen LogP contribution in [-0.2, 0) is 4.79 Å². The first-order valence-electron chi connectivity index (χ1n) is 7.08. The highest BCUT2D eigenvalue weighted by atomic mass is 79.9. The average molecular weight is 357 g/mol. The molecule has 0 fully saturated rings. The Hall–Kier alpha value is -1.07. The van der Waals surface area contributed by atoms with E-state index in [1.807, 2.05) is 32.2 Å². The van der Waals surface area contributed by atoms with Gasteiger partial charge in [-0.2, -0.15) is 0 Å². The summed E-state index contributed by atoms with van der Waals surface area (Å²) >= 11 is 3.46. The number of amides is 1. The number of benzene rings is 1. The van der Waals surface area contributed by atoms with Crippen molar-refractivity contribution in [1.29, 1.82) is 0 Å². The number of hydrogen-bond acceptors (Lipinski definition) is 3. The first kappa shape index (κ1) is 18.0. The molecular weight excluding hydrogens is 332 g/mol. The van der Waals surface area contributed by atoms with E-state index in [0.29, 0.717) is 26.1 Å². The molecule has 0 saturated heterocycles. The lowest BCUT2D eigenvalue weighted by atomic mass is 9.93. The molecule has 0 aliphatic heterocycles. The van der Waals surface area contributed by atoms with E-state index in [1.165, 1.54) is 0 Å². The van der Waals surface area contributed by atoms with Gasteiger partial charge in [-0.3, -0.25) is 4.79 Å². The number of rotatable bonds is 7. The Morgan fingerprint density at radius 2 is 2.10 bits per heavy atom. The van der Waals surface area contributed by atoms with Crippen molar-refractivity contribution in [3.8, 4) is 5.75 Å². The molecule has 5 heteroatoms. The van der Waals surface area contributed by atoms with Crippen LogP contribution >= 0.6 is 15.9 Å². The molecule has 0 atom stereocenters. The second-order valence-corrected chi connectivity index (χ2v) is 7.00. The number of nitrogens with zero attached hydrogens (tertiary/aromatic N) is 1. The van der Waals surface area contributed by atoms with Gasteiger partial charge in [0.15, 0.2) is 0 Å². The first-order valence-corrected chi connectivity index (χ1v) is 7.87. The third kappa shape index (κ3) is 6.06. The Kier molecular flexibility index (Phi) is 6.68. The van der Waals surface area contributed by atoms with E-state index in [4.69, 9.17) is 10.5 Å². The van der Waals surface area contributed by atoms with Crippen molar-refractivity contribution in [2.45, 2.75) is 27.2 Å². The van der Waals surface area contributed by atoms with E-state index >= 15 is 0 Å². The van der Waals surface area contributed by atoms with Crippen LogP contribution in [0.5, 0.6) is 5.75 Å². The second-order valence-electron chi connectivity index (χ2n) is 6.15. The summed E-state index contributed by atoms with van der Waals surface area (Å²) in [5.74, 6) is 0.832. The van der Waals surface area contributed by atoms with Gasteiger partial charge in [-0.25, -0.2) is 0 Å². The standard InChI is InChI=1S/C16H25BrN2O2/c1-12-5-6-14(13(17)9-12)21-8-7-15(20)19(4)11-16(2,3)10-18/h5-6,9H,7-8,10-11,18H2,1-4H3. The van der Waals surface area contributed by atoms with E-state index in [0.717, 1.165) is 15.8 Å². The predicted molar refractivity (Wildman–Crippen MR) is 89.5 cm³/mol. The molecule has 0 aromatic heterocycles. The lowest BCUT2D eigenvalue weighted by Crippen LogP contribution is -2.40. The number of nitrogens with two attached hydrogens (primary N) is 1. The molecule has 118 valence electrons. The summed E-state index contributed by atoms with van der Waals surface area (Å²) < 4.78 is 6.56. The lowest BCUT2D eigenvalue weighted by Gasteiger charge is -2.29. The van der Waals surface area contributed by atoms with E-state index in [9.17, 15) is 4.79 Å². The van der Waals surface area contributed by atoms with Crippen LogP contribution in [0.25, 0.3) is 0 Å². The molecule has 4 nitrogen and oxygen atoms in total. The van der Waals surface area contributed by atoms with Crippen molar-refractivity contribution in [2.24, 2.45) is 11.1 Å². The normalized spacial score (nSPS) is 11.3. The number of hydrogen-bond donors (Lipinski definition) is 1. The van der Waals surface area contributed by atoms with Crippen molar-refractivity contribution in [2.75, 3.05) is 26.7 Å². The molecule has 0 aliphatic carbocycles. The summed E-state index contributed by atoms with van der Waals surface area (Å²) in [5, 5.41) is 0. The summed E-state index contributed by atoms with van der Waals surface area (Å²) in [6.07, 6.45) is 0.359. The Labute approximate surface area is 135 Å². The van der Waals surface area contributed by atoms with Crippen LogP contribution in [0.1, 0.15) is 25.8 Å². The summed E-state index contributed by atoms with van der Waals surface area (Å²) in [6, 6.07) is 5.88. The molecule has 0 bridgehead atoms. The lowest BCUT2D eigenvalue weighted by molar-refractivity contribution is -0.131. The molecular formula is C16H25BrN2O2. The third-order valence-electron chi connectivity index (χ3n) is 3.30. The maximum atomic E-state index is 12.1. The molecule has 1 amide bonds. The van der Waals surface area contributed by atoms with Crippen molar-refractivity contribution < 1.29 is 9.53 Å². The SMILES string of the molecule is Cc1ccc(OCCC(=O)N(C)CC(C)(C)CN)c(Br)c1. The fourth-order valence-electron chi connectivity index (χ4n) is 1.96. The van der Waals surface area contributed by atoms with Gasteiger partial charge in [0.05, 0.1) is 17.5 Å². The van der Waals surface area contributed by atoms with E-state index in [-0.39, 0.29) is 11.3 Å². The molecule has 0 unspecified atom stereocenters. The smallest absolute Gasteiger partial charge is 0.225 e. The average Bonchev–Trinajstić information content (AvgIpc) is 2.40. The van der Waals surface area contributed by atoms with Crippen LogP contribution in [-0.4, -0.2) is 37.6 Å². The van der Waals surface area contributed by atoms with Gasteiger partial charge in [0, 0.05) is 13.6 Å². The van der Waals surface area contributed by atoms with Gasteiger partial charge in [-0.05, 0) is 52.5 Å². The highest BCUT2D eigenvalue weighted by Gasteiger charge is 2.20. The van der Waals surface area contributed by atoms with Gasteiger partial charge in [-0.1, -0.05) is 19.9 Å². The zero-order valence-electron chi connectivity index (χ0n) is 13.3. The number of aryl methyl sites for hydroxylation is 1. The molecule has 21 heavy (non-hydrogen) atoms. The Balaban J connectivity index is 2.43. The van der Waals surface area contributed by atoms with Gasteiger partial charge in [0.2, 0.25) is 5.91 Å². The fourth-order valence-corrected chi connectivity index (χ4v) is 2.56. The highest BCUT2D eigenvalue weighted by Crippen LogP contribution is 2.25. The number of carbonyl (C=O) groups is 1. The summed E-state index contributed by atoms with van der Waals surface area (Å²) in [5.41, 5.74) is 6.79. The van der Waals surface area contributed by atoms with Gasteiger partial charge in [-0.15, -0.1) is 0 Å². The van der Waals surface area contributed by atoms with Crippen LogP contribution in [0.3, 0.4) is 0 Å². The number of halogens is 1. The minimum absolute atomic E-state index is 0.0642. The topological polar surface area (TPSA) is 55.6 Å². The van der Waals surface area contributed by atoms with Gasteiger partial charge < -0.3 is 15.4 Å². The second kappa shape index (κ2) is 7.80. The number of carbonyl (C=O) groups excluding carboxylic acids is 1. The van der Waals surface area contributed by atoms with E-state index < -0.39 is 0 Å². The largest absolute Gasteiger partial charge is 0.492 e.